The fourth-order valence-corrected chi connectivity index (χ4v) is 3.82. The molecule has 0 fully saturated rings. The molecule has 4 nitrogen and oxygen atoms in total. The van der Waals surface area contributed by atoms with Crippen LogP contribution in [0.4, 0.5) is 0 Å². The zero-order valence-corrected chi connectivity index (χ0v) is 18.0. The van der Waals surface area contributed by atoms with Gasteiger partial charge in [0.05, 0.1) is 0 Å². The highest BCUT2D eigenvalue weighted by molar-refractivity contribution is 5.78. The minimum Gasteiger partial charge on any atom is -0.436 e. The van der Waals surface area contributed by atoms with Gasteiger partial charge in [0.15, 0.2) is 11.2 Å². The van der Waals surface area contributed by atoms with Crippen LogP contribution in [0.5, 0.6) is 0 Å². The Morgan fingerprint density at radius 1 is 0.576 bits per heavy atom. The number of para-hydroxylation sites is 2. The summed E-state index contributed by atoms with van der Waals surface area (Å²) in [7, 11) is 0. The highest BCUT2D eigenvalue weighted by Crippen LogP contribution is 2.26. The summed E-state index contributed by atoms with van der Waals surface area (Å²) in [4.78, 5) is 9.16. The van der Waals surface area contributed by atoms with Crippen molar-refractivity contribution in [1.82, 2.24) is 9.97 Å². The molecule has 0 unspecified atom stereocenters. The Morgan fingerprint density at radius 2 is 1.12 bits per heavy atom. The van der Waals surface area contributed by atoms with Crippen LogP contribution in [0.25, 0.3) is 57.3 Å². The zero-order chi connectivity index (χ0) is 22.2. The zero-order valence-electron chi connectivity index (χ0n) is 18.0. The molecule has 4 aromatic carbocycles. The van der Waals surface area contributed by atoms with Crippen molar-refractivity contribution in [3.8, 4) is 22.9 Å². The fraction of sp³-hybridized carbons (Fsp3) is 0.0345. The van der Waals surface area contributed by atoms with Crippen molar-refractivity contribution in [2.24, 2.45) is 0 Å². The smallest absolute Gasteiger partial charge is 0.227 e. The molecule has 0 amide bonds. The predicted molar refractivity (Wildman–Crippen MR) is 133 cm³/mol. The van der Waals surface area contributed by atoms with E-state index in [9.17, 15) is 0 Å². The van der Waals surface area contributed by atoms with Crippen molar-refractivity contribution >= 4 is 34.4 Å². The molecule has 2 heterocycles. The molecule has 0 aliphatic rings. The number of oxazole rings is 2. The largest absolute Gasteiger partial charge is 0.436 e. The van der Waals surface area contributed by atoms with E-state index >= 15 is 0 Å². The van der Waals surface area contributed by atoms with Crippen LogP contribution in [-0.4, -0.2) is 9.97 Å². The second-order valence-corrected chi connectivity index (χ2v) is 8.05. The lowest BCUT2D eigenvalue weighted by molar-refractivity contribution is 0.619. The molecule has 33 heavy (non-hydrogen) atoms. The van der Waals surface area contributed by atoms with Crippen molar-refractivity contribution in [3.05, 3.63) is 108 Å². The fourth-order valence-electron chi connectivity index (χ4n) is 3.82. The molecule has 6 rings (SSSR count). The van der Waals surface area contributed by atoms with E-state index in [1.807, 2.05) is 73.7 Å². The molecule has 0 spiro atoms. The molecule has 6 aromatic rings. The first-order chi connectivity index (χ1) is 16.2. The van der Waals surface area contributed by atoms with Gasteiger partial charge < -0.3 is 8.83 Å². The minimum absolute atomic E-state index is 0.636. The van der Waals surface area contributed by atoms with Gasteiger partial charge in [-0.1, -0.05) is 54.6 Å². The third kappa shape index (κ3) is 3.83. The van der Waals surface area contributed by atoms with E-state index in [4.69, 9.17) is 8.83 Å². The van der Waals surface area contributed by atoms with Crippen LogP contribution >= 0.6 is 0 Å². The maximum absolute atomic E-state index is 5.93. The molecule has 0 saturated heterocycles. The summed E-state index contributed by atoms with van der Waals surface area (Å²) in [5.74, 6) is 1.28. The van der Waals surface area contributed by atoms with Crippen molar-refractivity contribution < 1.29 is 8.83 Å². The average molecular weight is 428 g/mol. The highest BCUT2D eigenvalue weighted by atomic mass is 16.4. The Balaban J connectivity index is 1.19. The number of hydrogen-bond donors (Lipinski definition) is 0. The Bertz CT molecular complexity index is 1570. The van der Waals surface area contributed by atoms with Gasteiger partial charge in [-0.3, -0.25) is 0 Å². The molecular weight excluding hydrogens is 408 g/mol. The molecule has 0 atom stereocenters. The third-order valence-electron chi connectivity index (χ3n) is 5.62. The summed E-state index contributed by atoms with van der Waals surface area (Å²) >= 11 is 0. The summed E-state index contributed by atoms with van der Waals surface area (Å²) in [5.41, 5.74) is 8.65. The first kappa shape index (κ1) is 19.3. The van der Waals surface area contributed by atoms with Gasteiger partial charge in [0.25, 0.3) is 0 Å². The number of aromatic nitrogens is 2. The molecule has 0 radical (unpaired) electrons. The molecular formula is C29H20N2O2. The maximum Gasteiger partial charge on any atom is 0.227 e. The third-order valence-corrected chi connectivity index (χ3v) is 5.62. The number of benzene rings is 4. The van der Waals surface area contributed by atoms with Crippen molar-refractivity contribution in [2.45, 2.75) is 6.92 Å². The highest BCUT2D eigenvalue weighted by Gasteiger charge is 2.09. The predicted octanol–water partition coefficient (Wildman–Crippen LogP) is 7.78. The van der Waals surface area contributed by atoms with Gasteiger partial charge in [-0.05, 0) is 72.1 Å². The summed E-state index contributed by atoms with van der Waals surface area (Å²) in [6.07, 6.45) is 4.18. The van der Waals surface area contributed by atoms with E-state index in [-0.39, 0.29) is 0 Å². The van der Waals surface area contributed by atoms with Gasteiger partial charge in [-0.15, -0.1) is 0 Å². The lowest BCUT2D eigenvalue weighted by Crippen LogP contribution is -1.79. The van der Waals surface area contributed by atoms with E-state index in [1.165, 1.54) is 0 Å². The van der Waals surface area contributed by atoms with E-state index in [1.54, 1.807) is 0 Å². The standard InChI is InChI=1S/C29H20N2O2/c1-19-6-17-25-27(18-19)33-29(31-25)23-15-11-21(12-16-23)8-7-20-9-13-22(14-10-20)28-30-24-4-2-3-5-26(24)32-28/h2-18H,1H3. The van der Waals surface area contributed by atoms with Crippen LogP contribution in [0.1, 0.15) is 16.7 Å². The number of nitrogens with zero attached hydrogens (tertiary/aromatic N) is 2. The van der Waals surface area contributed by atoms with Gasteiger partial charge in [0.1, 0.15) is 11.0 Å². The Kier molecular flexibility index (Phi) is 4.62. The summed E-state index contributed by atoms with van der Waals surface area (Å²) < 4.78 is 11.8. The Hall–Kier alpha value is -4.44. The van der Waals surface area contributed by atoms with Crippen LogP contribution < -0.4 is 0 Å². The molecule has 0 N–H and O–H groups in total. The van der Waals surface area contributed by atoms with Crippen LogP contribution in [0.3, 0.4) is 0 Å². The van der Waals surface area contributed by atoms with Crippen molar-refractivity contribution in [2.75, 3.05) is 0 Å². The van der Waals surface area contributed by atoms with Gasteiger partial charge in [0.2, 0.25) is 11.8 Å². The van der Waals surface area contributed by atoms with Crippen molar-refractivity contribution in [1.29, 1.82) is 0 Å². The number of aryl methyl sites for hydroxylation is 1. The van der Waals surface area contributed by atoms with Crippen LogP contribution in [0.2, 0.25) is 0 Å². The SMILES string of the molecule is Cc1ccc2nc(-c3ccc(C=Cc4ccc(-c5nc6ccccc6o5)cc4)cc3)oc2c1. The molecule has 2 aromatic heterocycles. The number of rotatable bonds is 4. The normalized spacial score (nSPS) is 11.7. The van der Waals surface area contributed by atoms with E-state index in [0.29, 0.717) is 11.8 Å². The topological polar surface area (TPSA) is 52.1 Å². The molecule has 0 bridgehead atoms. The molecule has 0 aliphatic carbocycles. The lowest BCUT2D eigenvalue weighted by atomic mass is 10.1. The van der Waals surface area contributed by atoms with E-state index in [2.05, 4.69) is 46.4 Å². The number of fused-ring (bicyclic) bond motifs is 2. The van der Waals surface area contributed by atoms with Crippen LogP contribution in [0.15, 0.2) is 99.8 Å². The minimum atomic E-state index is 0.636. The van der Waals surface area contributed by atoms with Crippen molar-refractivity contribution in [3.63, 3.8) is 0 Å². The second kappa shape index (κ2) is 7.92. The molecule has 4 heteroatoms. The molecule has 0 saturated carbocycles. The monoisotopic (exact) mass is 428 g/mol. The van der Waals surface area contributed by atoms with E-state index < -0.39 is 0 Å². The molecule has 0 aliphatic heterocycles. The maximum atomic E-state index is 5.93. The van der Waals surface area contributed by atoms with E-state index in [0.717, 1.165) is 50.0 Å². The number of hydrogen-bond acceptors (Lipinski definition) is 4. The Morgan fingerprint density at radius 3 is 1.73 bits per heavy atom. The van der Waals surface area contributed by atoms with Gasteiger partial charge in [0, 0.05) is 11.1 Å². The summed E-state index contributed by atoms with van der Waals surface area (Å²) in [5, 5.41) is 0. The first-order valence-electron chi connectivity index (χ1n) is 10.8. The lowest BCUT2D eigenvalue weighted by Gasteiger charge is -1.99. The quantitative estimate of drug-likeness (QED) is 0.269. The van der Waals surface area contributed by atoms with Gasteiger partial charge >= 0.3 is 0 Å². The van der Waals surface area contributed by atoms with Crippen LogP contribution in [0, 0.1) is 6.92 Å². The summed E-state index contributed by atoms with van der Waals surface area (Å²) in [6, 6.07) is 30.2. The summed E-state index contributed by atoms with van der Waals surface area (Å²) in [6.45, 7) is 2.05. The first-order valence-corrected chi connectivity index (χ1v) is 10.8. The van der Waals surface area contributed by atoms with Crippen LogP contribution in [-0.2, 0) is 0 Å². The second-order valence-electron chi connectivity index (χ2n) is 8.05. The van der Waals surface area contributed by atoms with Gasteiger partial charge in [-0.2, -0.15) is 0 Å². The van der Waals surface area contributed by atoms with Gasteiger partial charge in [-0.25, -0.2) is 9.97 Å². The molecule has 158 valence electrons. The average Bonchev–Trinajstić information content (AvgIpc) is 3.47. The Labute approximate surface area is 190 Å².